The highest BCUT2D eigenvalue weighted by molar-refractivity contribution is 5.83. The average molecular weight is 237 g/mol. The fourth-order valence-electron chi connectivity index (χ4n) is 2.08. The van der Waals surface area contributed by atoms with Crippen molar-refractivity contribution in [1.82, 2.24) is 10.6 Å². The molecule has 92 valence electrons. The summed E-state index contributed by atoms with van der Waals surface area (Å²) in [4.78, 5) is 13.1. The first kappa shape index (κ1) is 11.9. The predicted molar refractivity (Wildman–Crippen MR) is 64.4 cm³/mol. The van der Waals surface area contributed by atoms with E-state index in [-0.39, 0.29) is 18.3 Å². The molecular formula is C12H16FN3O. The number of carbonyl (C=O) groups excluding carboxylic acids is 1. The van der Waals surface area contributed by atoms with Gasteiger partial charge in [-0.2, -0.15) is 0 Å². The van der Waals surface area contributed by atoms with Crippen LogP contribution in [-0.2, 0) is 11.3 Å². The number of para-hydroxylation sites is 1. The summed E-state index contributed by atoms with van der Waals surface area (Å²) in [5.74, 6) is -0.331. The third kappa shape index (κ3) is 2.55. The molecule has 0 aliphatic carbocycles. The Morgan fingerprint density at radius 3 is 3.06 bits per heavy atom. The highest BCUT2D eigenvalue weighted by Crippen LogP contribution is 2.24. The summed E-state index contributed by atoms with van der Waals surface area (Å²) >= 11 is 0. The molecule has 0 radical (unpaired) electrons. The number of carbonyl (C=O) groups is 1. The van der Waals surface area contributed by atoms with Gasteiger partial charge in [-0.3, -0.25) is 4.79 Å². The summed E-state index contributed by atoms with van der Waals surface area (Å²) in [5, 5.41) is 5.74. The molecule has 0 spiro atoms. The second-order valence-electron chi connectivity index (χ2n) is 4.05. The minimum absolute atomic E-state index is 0.0603. The van der Waals surface area contributed by atoms with Crippen molar-refractivity contribution in [1.29, 1.82) is 0 Å². The van der Waals surface area contributed by atoms with Crippen LogP contribution in [0.1, 0.15) is 5.56 Å². The Morgan fingerprint density at radius 1 is 1.53 bits per heavy atom. The molecule has 4 nitrogen and oxygen atoms in total. The van der Waals surface area contributed by atoms with Crippen molar-refractivity contribution in [3.8, 4) is 0 Å². The van der Waals surface area contributed by atoms with Gasteiger partial charge in [0.15, 0.2) is 0 Å². The Hall–Kier alpha value is -1.62. The molecule has 1 amide bonds. The highest BCUT2D eigenvalue weighted by Gasteiger charge is 2.21. The lowest BCUT2D eigenvalue weighted by Gasteiger charge is -2.30. The largest absolute Gasteiger partial charge is 0.358 e. The van der Waals surface area contributed by atoms with Gasteiger partial charge in [-0.1, -0.05) is 12.1 Å². The van der Waals surface area contributed by atoms with Crippen LogP contribution < -0.4 is 15.5 Å². The number of anilines is 1. The van der Waals surface area contributed by atoms with Gasteiger partial charge >= 0.3 is 0 Å². The zero-order valence-electron chi connectivity index (χ0n) is 9.79. The van der Waals surface area contributed by atoms with Crippen LogP contribution in [0.3, 0.4) is 0 Å². The molecule has 1 saturated heterocycles. The van der Waals surface area contributed by atoms with Gasteiger partial charge in [-0.05, 0) is 18.7 Å². The van der Waals surface area contributed by atoms with Crippen LogP contribution in [0.2, 0.25) is 0 Å². The molecule has 17 heavy (non-hydrogen) atoms. The van der Waals surface area contributed by atoms with Gasteiger partial charge in [0.05, 0.1) is 12.2 Å². The summed E-state index contributed by atoms with van der Waals surface area (Å²) in [5.41, 5.74) is 1.42. The Kier molecular flexibility index (Phi) is 3.58. The Morgan fingerprint density at radius 2 is 2.35 bits per heavy atom. The van der Waals surface area contributed by atoms with Crippen LogP contribution in [0.15, 0.2) is 18.2 Å². The van der Waals surface area contributed by atoms with Gasteiger partial charge < -0.3 is 15.5 Å². The molecule has 0 unspecified atom stereocenters. The Labute approximate surface area is 99.8 Å². The van der Waals surface area contributed by atoms with Crippen LogP contribution in [0.25, 0.3) is 0 Å². The second kappa shape index (κ2) is 5.14. The number of halogens is 1. The molecule has 1 heterocycles. The first-order chi connectivity index (χ1) is 8.22. The van der Waals surface area contributed by atoms with E-state index in [1.807, 2.05) is 13.1 Å². The van der Waals surface area contributed by atoms with Crippen LogP contribution in [0.4, 0.5) is 10.1 Å². The van der Waals surface area contributed by atoms with E-state index < -0.39 is 0 Å². The molecule has 1 aliphatic heterocycles. The van der Waals surface area contributed by atoms with E-state index >= 15 is 0 Å². The lowest BCUT2D eigenvalue weighted by Crippen LogP contribution is -2.48. The quantitative estimate of drug-likeness (QED) is 0.803. The van der Waals surface area contributed by atoms with E-state index in [0.29, 0.717) is 25.3 Å². The average Bonchev–Trinajstić information content (AvgIpc) is 2.29. The molecular weight excluding hydrogens is 221 g/mol. The molecule has 1 aromatic rings. The molecule has 0 aromatic heterocycles. The molecule has 1 fully saturated rings. The SMILES string of the molecule is CNCc1cccc(F)c1N1CCNC(=O)C1. The smallest absolute Gasteiger partial charge is 0.239 e. The third-order valence-corrected chi connectivity index (χ3v) is 2.79. The minimum atomic E-state index is -0.271. The fourth-order valence-corrected chi connectivity index (χ4v) is 2.08. The standard InChI is InChI=1S/C12H16FN3O/c1-14-7-9-3-2-4-10(13)12(9)16-6-5-15-11(17)8-16/h2-4,14H,5-8H2,1H3,(H,15,17). The first-order valence-corrected chi connectivity index (χ1v) is 5.66. The Bertz CT molecular complexity index is 422. The summed E-state index contributed by atoms with van der Waals surface area (Å²) < 4.78 is 13.9. The van der Waals surface area contributed by atoms with Crippen molar-refractivity contribution in [3.05, 3.63) is 29.6 Å². The fraction of sp³-hybridized carbons (Fsp3) is 0.417. The Balaban J connectivity index is 2.31. The van der Waals surface area contributed by atoms with Crippen molar-refractivity contribution < 1.29 is 9.18 Å². The van der Waals surface area contributed by atoms with E-state index in [0.717, 1.165) is 5.56 Å². The normalized spacial score (nSPS) is 15.9. The van der Waals surface area contributed by atoms with Crippen LogP contribution in [0.5, 0.6) is 0 Å². The topological polar surface area (TPSA) is 44.4 Å². The van der Waals surface area contributed by atoms with E-state index in [4.69, 9.17) is 0 Å². The van der Waals surface area contributed by atoms with E-state index in [1.165, 1.54) is 6.07 Å². The van der Waals surface area contributed by atoms with Gasteiger partial charge in [0, 0.05) is 19.6 Å². The van der Waals surface area contributed by atoms with Crippen molar-refractivity contribution >= 4 is 11.6 Å². The maximum atomic E-state index is 13.9. The van der Waals surface area contributed by atoms with Gasteiger partial charge in [0.1, 0.15) is 5.82 Å². The molecule has 2 rings (SSSR count). The van der Waals surface area contributed by atoms with Gasteiger partial charge in [-0.25, -0.2) is 4.39 Å². The lowest BCUT2D eigenvalue weighted by atomic mass is 10.1. The minimum Gasteiger partial charge on any atom is -0.358 e. The van der Waals surface area contributed by atoms with Gasteiger partial charge in [0.2, 0.25) is 5.91 Å². The number of nitrogens with zero attached hydrogens (tertiary/aromatic N) is 1. The second-order valence-corrected chi connectivity index (χ2v) is 4.05. The van der Waals surface area contributed by atoms with Crippen molar-refractivity contribution in [3.63, 3.8) is 0 Å². The molecule has 0 bridgehead atoms. The molecule has 0 atom stereocenters. The van der Waals surface area contributed by atoms with Crippen molar-refractivity contribution in [2.75, 3.05) is 31.6 Å². The van der Waals surface area contributed by atoms with Crippen LogP contribution in [0, 0.1) is 5.82 Å². The molecule has 1 aliphatic rings. The molecule has 5 heteroatoms. The van der Waals surface area contributed by atoms with Crippen molar-refractivity contribution in [2.24, 2.45) is 0 Å². The number of piperazine rings is 1. The number of benzene rings is 1. The first-order valence-electron chi connectivity index (χ1n) is 5.66. The molecule has 0 saturated carbocycles. The van der Waals surface area contributed by atoms with E-state index in [2.05, 4.69) is 10.6 Å². The summed E-state index contributed by atoms with van der Waals surface area (Å²) in [6.45, 7) is 2.01. The zero-order chi connectivity index (χ0) is 12.3. The van der Waals surface area contributed by atoms with Crippen molar-refractivity contribution in [2.45, 2.75) is 6.54 Å². The van der Waals surface area contributed by atoms with E-state index in [9.17, 15) is 9.18 Å². The summed E-state index contributed by atoms with van der Waals surface area (Å²) in [6, 6.07) is 5.00. The van der Waals surface area contributed by atoms with Gasteiger partial charge in [-0.15, -0.1) is 0 Å². The molecule has 1 aromatic carbocycles. The zero-order valence-corrected chi connectivity index (χ0v) is 9.79. The summed E-state index contributed by atoms with van der Waals surface area (Å²) in [6.07, 6.45) is 0. The van der Waals surface area contributed by atoms with Crippen LogP contribution >= 0.6 is 0 Å². The lowest BCUT2D eigenvalue weighted by molar-refractivity contribution is -0.120. The monoisotopic (exact) mass is 237 g/mol. The number of amides is 1. The highest BCUT2D eigenvalue weighted by atomic mass is 19.1. The van der Waals surface area contributed by atoms with Crippen LogP contribution in [-0.4, -0.2) is 32.6 Å². The third-order valence-electron chi connectivity index (χ3n) is 2.79. The maximum Gasteiger partial charge on any atom is 0.239 e. The maximum absolute atomic E-state index is 13.9. The predicted octanol–water partition coefficient (Wildman–Crippen LogP) is 0.481. The van der Waals surface area contributed by atoms with Gasteiger partial charge in [0.25, 0.3) is 0 Å². The van der Waals surface area contributed by atoms with E-state index in [1.54, 1.807) is 11.0 Å². The number of nitrogens with one attached hydrogen (secondary N) is 2. The number of rotatable bonds is 3. The number of hydrogen-bond donors (Lipinski definition) is 2. The summed E-state index contributed by atoms with van der Waals surface area (Å²) in [7, 11) is 1.82. The molecule has 2 N–H and O–H groups in total. The number of hydrogen-bond acceptors (Lipinski definition) is 3.